The van der Waals surface area contributed by atoms with Crippen molar-refractivity contribution in [2.24, 2.45) is 0 Å². The van der Waals surface area contributed by atoms with Gasteiger partial charge in [0.1, 0.15) is 5.75 Å². The molecule has 122 valence electrons. The molecule has 0 aliphatic heterocycles. The number of allylic oxidation sites excluding steroid dienone is 4. The lowest BCUT2D eigenvalue weighted by molar-refractivity contribution is -0.114. The molecule has 0 spiro atoms. The first-order valence-electron chi connectivity index (χ1n) is 7.90. The highest BCUT2D eigenvalue weighted by Crippen LogP contribution is 2.24. The molecule has 0 saturated heterocycles. The van der Waals surface area contributed by atoms with Crippen LogP contribution in [0.15, 0.2) is 54.3 Å². The summed E-state index contributed by atoms with van der Waals surface area (Å²) in [5.41, 5.74) is 3.47. The first kappa shape index (κ1) is 15.9. The average Bonchev–Trinajstić information content (AvgIpc) is 2.58. The lowest BCUT2D eigenvalue weighted by atomic mass is 10.0. The van der Waals surface area contributed by atoms with E-state index in [1.165, 1.54) is 12.5 Å². The van der Waals surface area contributed by atoms with Crippen LogP contribution in [0.2, 0.25) is 0 Å². The standard InChI is InChI=1S/C19H19N3O2/c1-13(23)21-19-17(11-14-5-3-2-4-6-14)22-18(12-20-19)15-7-9-16(24)10-8-15/h3,5-10,12,24H,2,4,11H2,1H3,(H,20,21,23). The Kier molecular flexibility index (Phi) is 4.70. The summed E-state index contributed by atoms with van der Waals surface area (Å²) < 4.78 is 0. The molecule has 1 amide bonds. The Morgan fingerprint density at radius 1 is 1.25 bits per heavy atom. The number of amides is 1. The van der Waals surface area contributed by atoms with E-state index in [1.54, 1.807) is 30.5 Å². The van der Waals surface area contributed by atoms with E-state index < -0.39 is 0 Å². The Balaban J connectivity index is 1.96. The minimum atomic E-state index is -0.170. The molecule has 0 radical (unpaired) electrons. The molecular weight excluding hydrogens is 302 g/mol. The number of hydrogen-bond donors (Lipinski definition) is 2. The third-order valence-electron chi connectivity index (χ3n) is 3.75. The number of nitrogens with zero attached hydrogens (tertiary/aromatic N) is 2. The zero-order valence-corrected chi connectivity index (χ0v) is 13.5. The van der Waals surface area contributed by atoms with Crippen molar-refractivity contribution < 1.29 is 9.90 Å². The number of phenols is 1. The minimum absolute atomic E-state index is 0.170. The van der Waals surface area contributed by atoms with Crippen molar-refractivity contribution in [1.29, 1.82) is 0 Å². The molecule has 0 unspecified atom stereocenters. The molecular formula is C19H19N3O2. The summed E-state index contributed by atoms with van der Waals surface area (Å²) in [6.45, 7) is 1.46. The fourth-order valence-corrected chi connectivity index (χ4v) is 2.59. The Morgan fingerprint density at radius 2 is 2.04 bits per heavy atom. The topological polar surface area (TPSA) is 75.1 Å². The van der Waals surface area contributed by atoms with Crippen molar-refractivity contribution in [2.45, 2.75) is 26.2 Å². The second kappa shape index (κ2) is 7.08. The van der Waals surface area contributed by atoms with Crippen LogP contribution in [0.25, 0.3) is 11.3 Å². The lowest BCUT2D eigenvalue weighted by Crippen LogP contribution is -2.12. The van der Waals surface area contributed by atoms with Crippen molar-refractivity contribution in [1.82, 2.24) is 9.97 Å². The number of carbonyl (C=O) groups excluding carboxylic acids is 1. The maximum absolute atomic E-state index is 11.4. The van der Waals surface area contributed by atoms with Crippen molar-refractivity contribution in [3.8, 4) is 17.0 Å². The highest BCUT2D eigenvalue weighted by molar-refractivity contribution is 5.88. The van der Waals surface area contributed by atoms with Crippen molar-refractivity contribution in [2.75, 3.05) is 5.32 Å². The van der Waals surface area contributed by atoms with Crippen LogP contribution >= 0.6 is 0 Å². The molecule has 3 rings (SSSR count). The average molecular weight is 321 g/mol. The van der Waals surface area contributed by atoms with Crippen LogP contribution < -0.4 is 5.32 Å². The summed E-state index contributed by atoms with van der Waals surface area (Å²) in [6.07, 6.45) is 10.7. The molecule has 5 nitrogen and oxygen atoms in total. The first-order valence-corrected chi connectivity index (χ1v) is 7.90. The van der Waals surface area contributed by atoms with Crippen LogP contribution in [0.5, 0.6) is 5.75 Å². The highest BCUT2D eigenvalue weighted by Gasteiger charge is 2.12. The van der Waals surface area contributed by atoms with Gasteiger partial charge in [0.05, 0.1) is 17.6 Å². The van der Waals surface area contributed by atoms with Crippen LogP contribution in [-0.2, 0) is 11.2 Å². The van der Waals surface area contributed by atoms with Gasteiger partial charge in [-0.1, -0.05) is 18.2 Å². The van der Waals surface area contributed by atoms with E-state index in [-0.39, 0.29) is 11.7 Å². The highest BCUT2D eigenvalue weighted by atomic mass is 16.3. The predicted molar refractivity (Wildman–Crippen MR) is 93.6 cm³/mol. The number of nitrogens with one attached hydrogen (secondary N) is 1. The molecule has 2 aromatic rings. The van der Waals surface area contributed by atoms with Crippen molar-refractivity contribution in [3.63, 3.8) is 0 Å². The quantitative estimate of drug-likeness (QED) is 0.902. The lowest BCUT2D eigenvalue weighted by Gasteiger charge is -2.12. The van der Waals surface area contributed by atoms with Crippen LogP contribution in [0, 0.1) is 0 Å². The molecule has 0 atom stereocenters. The third kappa shape index (κ3) is 3.87. The van der Waals surface area contributed by atoms with Crippen LogP contribution in [-0.4, -0.2) is 21.0 Å². The summed E-state index contributed by atoms with van der Waals surface area (Å²) in [7, 11) is 0. The summed E-state index contributed by atoms with van der Waals surface area (Å²) in [4.78, 5) is 20.5. The summed E-state index contributed by atoms with van der Waals surface area (Å²) in [5.74, 6) is 0.528. The Labute approximate surface area is 140 Å². The molecule has 1 aliphatic carbocycles. The van der Waals surface area contributed by atoms with E-state index in [1.807, 2.05) is 0 Å². The predicted octanol–water partition coefficient (Wildman–Crippen LogP) is 3.63. The van der Waals surface area contributed by atoms with E-state index >= 15 is 0 Å². The van der Waals surface area contributed by atoms with E-state index in [9.17, 15) is 9.90 Å². The van der Waals surface area contributed by atoms with Gasteiger partial charge >= 0.3 is 0 Å². The maximum Gasteiger partial charge on any atom is 0.222 e. The largest absolute Gasteiger partial charge is 0.508 e. The Hall–Kier alpha value is -2.95. The smallest absolute Gasteiger partial charge is 0.222 e. The molecule has 1 aromatic heterocycles. The zero-order valence-electron chi connectivity index (χ0n) is 13.5. The zero-order chi connectivity index (χ0) is 16.9. The maximum atomic E-state index is 11.4. The molecule has 5 heteroatoms. The summed E-state index contributed by atoms with van der Waals surface area (Å²) in [6, 6.07) is 6.82. The van der Waals surface area contributed by atoms with Gasteiger partial charge in [0.2, 0.25) is 5.91 Å². The number of carbonyl (C=O) groups is 1. The van der Waals surface area contributed by atoms with Gasteiger partial charge < -0.3 is 10.4 Å². The summed E-state index contributed by atoms with van der Waals surface area (Å²) >= 11 is 0. The van der Waals surface area contributed by atoms with Gasteiger partial charge in [0, 0.05) is 18.9 Å². The van der Waals surface area contributed by atoms with Gasteiger partial charge in [0.15, 0.2) is 5.82 Å². The first-order chi connectivity index (χ1) is 11.6. The second-order valence-electron chi connectivity index (χ2n) is 5.71. The van der Waals surface area contributed by atoms with Crippen molar-refractivity contribution >= 4 is 11.7 Å². The van der Waals surface area contributed by atoms with Gasteiger partial charge in [-0.05, 0) is 42.7 Å². The molecule has 0 fully saturated rings. The molecule has 1 heterocycles. The Morgan fingerprint density at radius 3 is 2.71 bits per heavy atom. The van der Waals surface area contributed by atoms with Gasteiger partial charge in [-0.3, -0.25) is 4.79 Å². The monoisotopic (exact) mass is 321 g/mol. The molecule has 0 saturated carbocycles. The number of benzene rings is 1. The fraction of sp³-hybridized carbons (Fsp3) is 0.211. The van der Waals surface area contributed by atoms with Gasteiger partial charge in [-0.15, -0.1) is 0 Å². The van der Waals surface area contributed by atoms with Gasteiger partial charge in [-0.25, -0.2) is 9.97 Å². The van der Waals surface area contributed by atoms with Crippen LogP contribution in [0.3, 0.4) is 0 Å². The van der Waals surface area contributed by atoms with Gasteiger partial charge in [0.25, 0.3) is 0 Å². The number of phenolic OH excluding ortho intramolecular Hbond substituents is 1. The SMILES string of the molecule is CC(=O)Nc1ncc(-c2ccc(O)cc2)nc1CC1=CCCC=C1. The molecule has 0 bridgehead atoms. The number of aromatic nitrogens is 2. The number of aromatic hydroxyl groups is 1. The second-order valence-corrected chi connectivity index (χ2v) is 5.71. The van der Waals surface area contributed by atoms with E-state index in [0.29, 0.717) is 17.9 Å². The van der Waals surface area contributed by atoms with E-state index in [0.717, 1.165) is 24.1 Å². The number of hydrogen-bond acceptors (Lipinski definition) is 4. The van der Waals surface area contributed by atoms with E-state index in [2.05, 4.69) is 33.5 Å². The fourth-order valence-electron chi connectivity index (χ4n) is 2.59. The normalized spacial score (nSPS) is 13.5. The van der Waals surface area contributed by atoms with Crippen LogP contribution in [0.1, 0.15) is 25.5 Å². The van der Waals surface area contributed by atoms with Gasteiger partial charge in [-0.2, -0.15) is 0 Å². The third-order valence-corrected chi connectivity index (χ3v) is 3.75. The van der Waals surface area contributed by atoms with Crippen molar-refractivity contribution in [3.05, 3.63) is 60.0 Å². The molecule has 1 aromatic carbocycles. The summed E-state index contributed by atoms with van der Waals surface area (Å²) in [5, 5.41) is 12.2. The molecule has 24 heavy (non-hydrogen) atoms. The van der Waals surface area contributed by atoms with Crippen LogP contribution in [0.4, 0.5) is 5.82 Å². The Bertz CT molecular complexity index is 808. The molecule has 1 aliphatic rings. The number of anilines is 1. The number of rotatable bonds is 4. The minimum Gasteiger partial charge on any atom is -0.508 e. The van der Waals surface area contributed by atoms with E-state index in [4.69, 9.17) is 0 Å². The molecule has 2 N–H and O–H groups in total.